The fourth-order valence-electron chi connectivity index (χ4n) is 5.48. The zero-order valence-corrected chi connectivity index (χ0v) is 24.2. The number of benzene rings is 2. The predicted molar refractivity (Wildman–Crippen MR) is 165 cm³/mol. The molecule has 1 unspecified atom stereocenters. The standard InChI is InChI=1S/C29H38IN7O/c1-21(22-5-3-2-4-6-22)19-36-13-11-24(12-14-36)33-27-26-28(32-20-31-26)35-29(30-27)34-23-7-9-25(10-8-23)37-15-17-38-18-16-37/h2-10,21,24,31,33H,11-20H2,1H3,(H2,32,34,35). The van der Waals surface area contributed by atoms with Gasteiger partial charge in [0.1, 0.15) is 16.1 Å². The van der Waals surface area contributed by atoms with Crippen LogP contribution in [0, 0.1) is 0 Å². The van der Waals surface area contributed by atoms with Crippen molar-refractivity contribution in [3.8, 4) is 0 Å². The largest absolute Gasteiger partial charge is 0.378 e. The molecular formula is C29H38IN7O. The maximum Gasteiger partial charge on any atom is 0.155 e. The number of nitrogens with zero attached hydrogens (tertiary/aromatic N) is 3. The molecule has 202 valence electrons. The van der Waals surface area contributed by atoms with Gasteiger partial charge in [-0.05, 0) is 69.3 Å². The number of morpholine rings is 1. The first-order valence-corrected chi connectivity index (χ1v) is 15.9. The predicted octanol–water partition coefficient (Wildman–Crippen LogP) is 3.58. The van der Waals surface area contributed by atoms with Crippen molar-refractivity contribution in [1.29, 1.82) is 0 Å². The highest BCUT2D eigenvalue weighted by molar-refractivity contribution is 14.2. The summed E-state index contributed by atoms with van der Waals surface area (Å²) in [4.78, 5) is 9.68. The zero-order chi connectivity index (χ0) is 25.7. The van der Waals surface area contributed by atoms with E-state index in [4.69, 9.17) is 4.74 Å². The number of nitrogens with one attached hydrogen (secondary N) is 4. The molecule has 1 atom stereocenters. The van der Waals surface area contributed by atoms with Crippen LogP contribution >= 0.6 is 20.7 Å². The van der Waals surface area contributed by atoms with Crippen molar-refractivity contribution in [2.75, 3.05) is 62.8 Å². The number of piperidine rings is 1. The quantitative estimate of drug-likeness (QED) is 0.264. The maximum atomic E-state index is 5.49. The van der Waals surface area contributed by atoms with Gasteiger partial charge in [0.05, 0.1) is 16.9 Å². The minimum atomic E-state index is -0.402. The average Bonchev–Trinajstić information content (AvgIpc) is 3.45. The minimum Gasteiger partial charge on any atom is -0.378 e. The summed E-state index contributed by atoms with van der Waals surface area (Å²) in [5.41, 5.74) is 4.98. The van der Waals surface area contributed by atoms with Gasteiger partial charge in [0, 0.05) is 50.1 Å². The van der Waals surface area contributed by atoms with Gasteiger partial charge in [-0.25, -0.2) is 4.99 Å². The molecule has 8 nitrogen and oxygen atoms in total. The summed E-state index contributed by atoms with van der Waals surface area (Å²) in [5.74, 6) is 1.52. The Kier molecular flexibility index (Phi) is 8.13. The summed E-state index contributed by atoms with van der Waals surface area (Å²) >= 11 is -0.402. The summed E-state index contributed by atoms with van der Waals surface area (Å²) in [6, 6.07) is 20.2. The van der Waals surface area contributed by atoms with Crippen LogP contribution in [0.2, 0.25) is 0 Å². The molecule has 2 aromatic rings. The number of rotatable bonds is 8. The molecule has 4 N–H and O–H groups in total. The lowest BCUT2D eigenvalue weighted by Crippen LogP contribution is -2.45. The fraction of sp³-hybridized carbons (Fsp3) is 0.448. The third kappa shape index (κ3) is 6.16. The van der Waals surface area contributed by atoms with E-state index in [2.05, 4.69) is 97.6 Å². The van der Waals surface area contributed by atoms with Gasteiger partial charge in [-0.1, -0.05) is 37.3 Å². The number of anilines is 2. The molecule has 0 bridgehead atoms. The van der Waals surface area contributed by atoms with E-state index >= 15 is 0 Å². The Bertz CT molecular complexity index is 1180. The molecule has 0 saturated carbocycles. The van der Waals surface area contributed by atoms with Crippen LogP contribution in [0.4, 0.5) is 11.4 Å². The van der Waals surface area contributed by atoms with Gasteiger partial charge in [0.2, 0.25) is 0 Å². The highest BCUT2D eigenvalue weighted by atomic mass is 127. The lowest BCUT2D eigenvalue weighted by Gasteiger charge is -2.35. The van der Waals surface area contributed by atoms with Crippen LogP contribution in [-0.4, -0.2) is 73.1 Å². The van der Waals surface area contributed by atoms with Gasteiger partial charge in [-0.3, -0.25) is 0 Å². The number of halogens is 1. The molecule has 0 spiro atoms. The monoisotopic (exact) mass is 627 g/mol. The molecule has 38 heavy (non-hydrogen) atoms. The summed E-state index contributed by atoms with van der Waals surface area (Å²) < 4.78 is 8.01. The second kappa shape index (κ2) is 12.0. The molecule has 6 rings (SSSR count). The molecule has 4 aliphatic heterocycles. The Morgan fingerprint density at radius 2 is 1.79 bits per heavy atom. The van der Waals surface area contributed by atoms with Crippen molar-refractivity contribution in [2.45, 2.75) is 31.7 Å². The summed E-state index contributed by atoms with van der Waals surface area (Å²) in [6.07, 6.45) is 2.35. The van der Waals surface area contributed by atoms with Gasteiger partial charge in [0.15, 0.2) is 5.84 Å². The molecule has 0 amide bonds. The van der Waals surface area contributed by atoms with Gasteiger partial charge in [-0.15, -0.1) is 0 Å². The normalized spacial score (nSPS) is 21.3. The molecular weight excluding hydrogens is 589 g/mol. The number of ether oxygens (including phenoxy) is 1. The summed E-state index contributed by atoms with van der Waals surface area (Å²) in [7, 11) is 0. The van der Waals surface area contributed by atoms with Crippen LogP contribution in [0.25, 0.3) is 0 Å². The number of hydrogen-bond donors (Lipinski definition) is 4. The van der Waals surface area contributed by atoms with E-state index in [0.29, 0.717) is 18.6 Å². The van der Waals surface area contributed by atoms with Crippen molar-refractivity contribution in [3.05, 3.63) is 69.6 Å². The maximum absolute atomic E-state index is 5.49. The van der Waals surface area contributed by atoms with E-state index < -0.39 is 20.7 Å². The first-order valence-electron chi connectivity index (χ1n) is 13.8. The lowest BCUT2D eigenvalue weighted by molar-refractivity contribution is 0.122. The van der Waals surface area contributed by atoms with Crippen LogP contribution in [0.1, 0.15) is 31.2 Å². The molecule has 0 radical (unpaired) electrons. The van der Waals surface area contributed by atoms with Crippen LogP contribution in [0.15, 0.2) is 69.0 Å². The van der Waals surface area contributed by atoms with Crippen LogP contribution in [-0.2, 0) is 4.74 Å². The first kappa shape index (κ1) is 25.6. The second-order valence-corrected chi connectivity index (χ2v) is 13.1. The molecule has 2 saturated heterocycles. The smallest absolute Gasteiger partial charge is 0.155 e. The van der Waals surface area contributed by atoms with Gasteiger partial charge >= 0.3 is 0 Å². The highest BCUT2D eigenvalue weighted by Crippen LogP contribution is 2.27. The van der Waals surface area contributed by atoms with Crippen LogP contribution in [0.5, 0.6) is 0 Å². The third-order valence-corrected chi connectivity index (χ3v) is 10.2. The Morgan fingerprint density at radius 3 is 2.55 bits per heavy atom. The molecule has 2 aromatic carbocycles. The highest BCUT2D eigenvalue weighted by Gasteiger charge is 2.27. The van der Waals surface area contributed by atoms with E-state index in [-0.39, 0.29) is 0 Å². The summed E-state index contributed by atoms with van der Waals surface area (Å²) in [5, 5.41) is 14.6. The van der Waals surface area contributed by atoms with E-state index in [0.717, 1.165) is 57.5 Å². The fourth-order valence-corrected chi connectivity index (χ4v) is 8.17. The second-order valence-electron chi connectivity index (χ2n) is 10.4. The van der Waals surface area contributed by atoms with Crippen LogP contribution < -0.4 is 26.2 Å². The first-order chi connectivity index (χ1) is 18.7. The van der Waals surface area contributed by atoms with E-state index in [1.54, 1.807) is 0 Å². The van der Waals surface area contributed by atoms with Crippen molar-refractivity contribution < 1.29 is 4.74 Å². The molecule has 0 aromatic heterocycles. The zero-order valence-electron chi connectivity index (χ0n) is 22.0. The minimum absolute atomic E-state index is 0.402. The number of fused-ring (bicyclic) bond motifs is 1. The van der Waals surface area contributed by atoms with Crippen molar-refractivity contribution in [3.63, 3.8) is 0 Å². The van der Waals surface area contributed by atoms with Crippen LogP contribution in [0.3, 0.4) is 0 Å². The molecule has 9 heteroatoms. The lowest BCUT2D eigenvalue weighted by atomic mass is 9.98. The van der Waals surface area contributed by atoms with Gasteiger partial charge < -0.3 is 35.8 Å². The topological polar surface area (TPSA) is 76.2 Å². The Morgan fingerprint density at radius 1 is 1.03 bits per heavy atom. The van der Waals surface area contributed by atoms with Gasteiger partial charge in [0.25, 0.3) is 0 Å². The number of amidine groups is 1. The molecule has 4 aliphatic rings. The number of hydrogen-bond acceptors (Lipinski definition) is 8. The van der Waals surface area contributed by atoms with Gasteiger partial charge in [-0.2, -0.15) is 0 Å². The van der Waals surface area contributed by atoms with E-state index in [9.17, 15) is 0 Å². The SMILES string of the molecule is CC(CN1CCC(NC2=C3NCN=C3NC(Nc3ccc(N4CCOCC4)cc3)=I2)CC1)c1ccccc1. The number of aliphatic imine (C=N–C) groups is 1. The average molecular weight is 628 g/mol. The Balaban J connectivity index is 1.06. The van der Waals surface area contributed by atoms with E-state index in [1.165, 1.54) is 37.2 Å². The van der Waals surface area contributed by atoms with Crippen molar-refractivity contribution in [1.82, 2.24) is 20.9 Å². The molecule has 4 heterocycles. The van der Waals surface area contributed by atoms with E-state index in [1.807, 2.05) is 0 Å². The Labute approximate surface area is 235 Å². The number of likely N-dealkylation sites (tertiary alicyclic amines) is 1. The molecule has 0 aliphatic carbocycles. The van der Waals surface area contributed by atoms with Crippen molar-refractivity contribution >= 4 is 41.7 Å². The molecule has 2 fully saturated rings. The Hall–Kier alpha value is -2.63. The third-order valence-electron chi connectivity index (χ3n) is 7.68. The summed E-state index contributed by atoms with van der Waals surface area (Å²) in [6.45, 7) is 9.93. The van der Waals surface area contributed by atoms with Crippen molar-refractivity contribution in [2.24, 2.45) is 4.99 Å².